The average Bonchev–Trinajstić information content (AvgIpc) is 2.77. The van der Waals surface area contributed by atoms with Gasteiger partial charge in [0.25, 0.3) is 0 Å². The molecule has 2 aliphatic rings. The van der Waals surface area contributed by atoms with E-state index in [1.165, 1.54) is 32.1 Å². The number of hydrogen-bond donors (Lipinski definition) is 0. The molecule has 0 aromatic heterocycles. The molecule has 0 radical (unpaired) electrons. The van der Waals surface area contributed by atoms with Gasteiger partial charge in [-0.3, -0.25) is 0 Å². The van der Waals surface area contributed by atoms with Crippen molar-refractivity contribution in [2.24, 2.45) is 17.8 Å². The van der Waals surface area contributed by atoms with Gasteiger partial charge in [-0.25, -0.2) is 13.2 Å². The van der Waals surface area contributed by atoms with Crippen LogP contribution in [-0.4, -0.2) is 0 Å². The van der Waals surface area contributed by atoms with E-state index in [1.807, 2.05) is 19.1 Å². The molecule has 4 rings (SSSR count). The minimum absolute atomic E-state index is 0.0419. The third kappa shape index (κ3) is 4.56. The van der Waals surface area contributed by atoms with Crippen molar-refractivity contribution in [1.82, 2.24) is 0 Å². The highest BCUT2D eigenvalue weighted by Crippen LogP contribution is 2.49. The molecule has 0 spiro atoms. The first-order valence-electron chi connectivity index (χ1n) is 12.2. The van der Waals surface area contributed by atoms with Gasteiger partial charge in [0.2, 0.25) is 0 Å². The van der Waals surface area contributed by atoms with E-state index < -0.39 is 17.5 Å². The van der Waals surface area contributed by atoms with Crippen LogP contribution >= 0.6 is 0 Å². The Balaban J connectivity index is 1.58. The molecule has 2 aliphatic carbocycles. The molecule has 0 N–H and O–H groups in total. The van der Waals surface area contributed by atoms with E-state index in [1.54, 1.807) is 18.2 Å². The summed E-state index contributed by atoms with van der Waals surface area (Å²) in [6.45, 7) is 4.17. The van der Waals surface area contributed by atoms with Gasteiger partial charge in [0, 0.05) is 0 Å². The summed E-state index contributed by atoms with van der Waals surface area (Å²) in [4.78, 5) is 0. The highest BCUT2D eigenvalue weighted by Gasteiger charge is 2.37. The van der Waals surface area contributed by atoms with Crippen molar-refractivity contribution in [1.29, 1.82) is 0 Å². The normalized spacial score (nSPS) is 26.5. The Morgan fingerprint density at radius 3 is 2.48 bits per heavy atom. The molecule has 2 saturated carbocycles. The van der Waals surface area contributed by atoms with Crippen LogP contribution in [0.1, 0.15) is 88.7 Å². The molecule has 0 bridgehead atoms. The number of halogens is 3. The summed E-state index contributed by atoms with van der Waals surface area (Å²) in [6, 6.07) is 5.21. The van der Waals surface area contributed by atoms with Crippen molar-refractivity contribution in [2.75, 3.05) is 0 Å². The first-order valence-corrected chi connectivity index (χ1v) is 12.2. The summed E-state index contributed by atoms with van der Waals surface area (Å²) < 4.78 is 45.3. The van der Waals surface area contributed by atoms with Crippen molar-refractivity contribution >= 4 is 10.8 Å². The molecule has 168 valence electrons. The fraction of sp³-hybridized carbons (Fsp3) is 0.571. The molecular formula is C28H35F3. The number of fused-ring (bicyclic) bond motifs is 2. The van der Waals surface area contributed by atoms with Crippen LogP contribution in [0.4, 0.5) is 13.2 Å². The maximum Gasteiger partial charge on any atom is 0.169 e. The lowest BCUT2D eigenvalue weighted by atomic mass is 9.63. The van der Waals surface area contributed by atoms with Crippen LogP contribution in [0.2, 0.25) is 0 Å². The Bertz CT molecular complexity index is 945. The van der Waals surface area contributed by atoms with Gasteiger partial charge in [-0.05, 0) is 98.1 Å². The summed E-state index contributed by atoms with van der Waals surface area (Å²) in [5, 5.41) is 0.294. The fourth-order valence-corrected chi connectivity index (χ4v) is 6.28. The molecule has 4 unspecified atom stereocenters. The van der Waals surface area contributed by atoms with Gasteiger partial charge in [0.15, 0.2) is 11.6 Å². The molecule has 2 aromatic rings. The van der Waals surface area contributed by atoms with Gasteiger partial charge in [0.05, 0.1) is 5.39 Å². The van der Waals surface area contributed by atoms with E-state index in [0.29, 0.717) is 35.3 Å². The molecule has 31 heavy (non-hydrogen) atoms. The molecular weight excluding hydrogens is 393 g/mol. The minimum Gasteiger partial charge on any atom is -0.206 e. The zero-order valence-electron chi connectivity index (χ0n) is 18.9. The molecule has 3 heteroatoms. The van der Waals surface area contributed by atoms with E-state index >= 15 is 13.2 Å². The quantitative estimate of drug-likeness (QED) is 0.403. The molecule has 2 aromatic carbocycles. The molecule has 0 amide bonds. The van der Waals surface area contributed by atoms with Crippen molar-refractivity contribution < 1.29 is 13.2 Å². The van der Waals surface area contributed by atoms with E-state index in [2.05, 4.69) is 6.92 Å². The Morgan fingerprint density at radius 1 is 0.935 bits per heavy atom. The highest BCUT2D eigenvalue weighted by atomic mass is 19.2. The molecule has 0 aliphatic heterocycles. The zero-order valence-corrected chi connectivity index (χ0v) is 18.9. The van der Waals surface area contributed by atoms with Crippen LogP contribution in [0.5, 0.6) is 0 Å². The third-order valence-corrected chi connectivity index (χ3v) is 7.91. The van der Waals surface area contributed by atoms with E-state index in [-0.39, 0.29) is 11.3 Å². The average molecular weight is 429 g/mol. The number of benzene rings is 2. The van der Waals surface area contributed by atoms with Crippen molar-refractivity contribution in [3.63, 3.8) is 0 Å². The van der Waals surface area contributed by atoms with Crippen LogP contribution in [0, 0.1) is 35.2 Å². The maximum atomic E-state index is 15.2. The van der Waals surface area contributed by atoms with Crippen molar-refractivity contribution in [3.05, 3.63) is 58.9 Å². The van der Waals surface area contributed by atoms with Gasteiger partial charge in [-0.15, -0.1) is 0 Å². The molecule has 4 atom stereocenters. The smallest absolute Gasteiger partial charge is 0.169 e. The van der Waals surface area contributed by atoms with Gasteiger partial charge in [-0.1, -0.05) is 50.5 Å². The Labute approximate surface area is 184 Å². The van der Waals surface area contributed by atoms with Crippen molar-refractivity contribution in [2.45, 2.75) is 84.0 Å². The van der Waals surface area contributed by atoms with E-state index in [0.717, 1.165) is 31.1 Å². The fourth-order valence-electron chi connectivity index (χ4n) is 6.28. The second-order valence-electron chi connectivity index (χ2n) is 9.84. The molecule has 0 saturated heterocycles. The van der Waals surface area contributed by atoms with Gasteiger partial charge < -0.3 is 0 Å². The Kier molecular flexibility index (Phi) is 7.08. The second-order valence-corrected chi connectivity index (χ2v) is 9.84. The number of hydrogen-bond acceptors (Lipinski definition) is 0. The van der Waals surface area contributed by atoms with Crippen LogP contribution in [-0.2, 0) is 6.42 Å². The first-order chi connectivity index (χ1) is 15.0. The van der Waals surface area contributed by atoms with Crippen LogP contribution < -0.4 is 0 Å². The lowest BCUT2D eigenvalue weighted by Gasteiger charge is -2.42. The molecule has 0 nitrogen and oxygen atoms in total. The predicted octanol–water partition coefficient (Wildman–Crippen LogP) is 8.87. The third-order valence-electron chi connectivity index (χ3n) is 7.91. The Hall–Kier alpha value is -1.77. The number of allylic oxidation sites excluding steroid dienone is 2. The maximum absolute atomic E-state index is 15.2. The van der Waals surface area contributed by atoms with Crippen LogP contribution in [0.15, 0.2) is 30.4 Å². The SMILES string of the molecule is C/C=C/CCc1ccc2cc(C3CCC4CC(CCC)CCC4C3)c(F)c(F)c2c1F. The summed E-state index contributed by atoms with van der Waals surface area (Å²) >= 11 is 0. The van der Waals surface area contributed by atoms with Gasteiger partial charge >= 0.3 is 0 Å². The van der Waals surface area contributed by atoms with Crippen LogP contribution in [0.25, 0.3) is 10.8 Å². The minimum atomic E-state index is -1.01. The lowest BCUT2D eigenvalue weighted by Crippen LogP contribution is -2.30. The predicted molar refractivity (Wildman–Crippen MR) is 123 cm³/mol. The molecule has 0 heterocycles. The summed E-state index contributed by atoms with van der Waals surface area (Å²) in [5.41, 5.74) is 0.904. The van der Waals surface area contributed by atoms with E-state index in [9.17, 15) is 0 Å². The van der Waals surface area contributed by atoms with Crippen LogP contribution in [0.3, 0.4) is 0 Å². The standard InChI is InChI=1S/C28H35F3/c1-3-5-6-8-19-11-14-23-17-24(27(30)28(31)25(23)26(19)29)22-13-12-20-15-18(7-4-2)9-10-21(20)16-22/h3,5,11,14,17-18,20-22H,4,6-10,12-13,15-16H2,1-2H3/b5-3+. The summed E-state index contributed by atoms with van der Waals surface area (Å²) in [7, 11) is 0. The topological polar surface area (TPSA) is 0 Å². The number of aryl methyl sites for hydroxylation is 1. The summed E-state index contributed by atoms with van der Waals surface area (Å²) in [6.07, 6.45) is 14.4. The highest BCUT2D eigenvalue weighted by molar-refractivity contribution is 5.85. The first kappa shape index (κ1) is 22.4. The van der Waals surface area contributed by atoms with Crippen molar-refractivity contribution in [3.8, 4) is 0 Å². The number of rotatable bonds is 6. The second kappa shape index (κ2) is 9.79. The summed E-state index contributed by atoms with van der Waals surface area (Å²) in [5.74, 6) is -0.194. The lowest BCUT2D eigenvalue weighted by molar-refractivity contribution is 0.113. The Morgan fingerprint density at radius 2 is 1.71 bits per heavy atom. The van der Waals surface area contributed by atoms with Gasteiger partial charge in [0.1, 0.15) is 5.82 Å². The zero-order chi connectivity index (χ0) is 22.0. The monoisotopic (exact) mass is 428 g/mol. The largest absolute Gasteiger partial charge is 0.206 e. The molecule has 2 fully saturated rings. The van der Waals surface area contributed by atoms with Gasteiger partial charge in [-0.2, -0.15) is 0 Å². The van der Waals surface area contributed by atoms with E-state index in [4.69, 9.17) is 0 Å².